The lowest BCUT2D eigenvalue weighted by Gasteiger charge is -2.24. The average molecular weight is 502 g/mol. The van der Waals surface area contributed by atoms with E-state index in [-0.39, 0.29) is 15.6 Å². The molecule has 0 unspecified atom stereocenters. The number of fused-ring (bicyclic) bond motifs is 1. The zero-order valence-electron chi connectivity index (χ0n) is 18.5. The van der Waals surface area contributed by atoms with E-state index in [1.807, 2.05) is 12.1 Å². The van der Waals surface area contributed by atoms with Crippen molar-refractivity contribution in [2.75, 3.05) is 35.4 Å². The Kier molecular flexibility index (Phi) is 7.38. The summed E-state index contributed by atoms with van der Waals surface area (Å²) in [4.78, 5) is 15.0. The minimum absolute atomic E-state index is 0.0240. The molecule has 34 heavy (non-hydrogen) atoms. The standard InChI is InChI=1S/C25H25ClFN3O3S/c26-22-17-20(11-12-23(22)27)30(34(32,33)21-8-2-1-3-9-21)18-25(31)28-14-6-15-29-16-13-19-7-4-5-10-24(19)29/h1-5,7-12,17H,6,13-16,18H2,(H,28,31). The van der Waals surface area contributed by atoms with Crippen molar-refractivity contribution < 1.29 is 17.6 Å². The predicted octanol–water partition coefficient (Wildman–Crippen LogP) is 4.24. The summed E-state index contributed by atoms with van der Waals surface area (Å²) in [7, 11) is -4.07. The van der Waals surface area contributed by atoms with Gasteiger partial charge in [-0.15, -0.1) is 0 Å². The van der Waals surface area contributed by atoms with Crippen LogP contribution in [0.15, 0.2) is 77.7 Å². The second-order valence-corrected chi connectivity index (χ2v) is 10.3. The van der Waals surface area contributed by atoms with Crippen molar-refractivity contribution in [2.45, 2.75) is 17.7 Å². The van der Waals surface area contributed by atoms with Crippen LogP contribution in [0.5, 0.6) is 0 Å². The van der Waals surface area contributed by atoms with Gasteiger partial charge in [0, 0.05) is 25.3 Å². The number of sulfonamides is 1. The molecule has 0 saturated carbocycles. The van der Waals surface area contributed by atoms with Crippen LogP contribution in [0.4, 0.5) is 15.8 Å². The van der Waals surface area contributed by atoms with Crippen molar-refractivity contribution >= 4 is 38.9 Å². The Morgan fingerprint density at radius 3 is 2.56 bits per heavy atom. The van der Waals surface area contributed by atoms with Crippen LogP contribution in [-0.4, -0.2) is 40.5 Å². The number of nitrogens with one attached hydrogen (secondary N) is 1. The molecule has 0 fully saturated rings. The summed E-state index contributed by atoms with van der Waals surface area (Å²) >= 11 is 5.89. The van der Waals surface area contributed by atoms with Crippen LogP contribution in [0.3, 0.4) is 0 Å². The summed E-state index contributed by atoms with van der Waals surface area (Å²) < 4.78 is 41.2. The number of carbonyl (C=O) groups is 1. The van der Waals surface area contributed by atoms with E-state index in [1.54, 1.807) is 18.2 Å². The summed E-state index contributed by atoms with van der Waals surface area (Å²) in [5.41, 5.74) is 2.66. The lowest BCUT2D eigenvalue weighted by atomic mass is 10.2. The van der Waals surface area contributed by atoms with E-state index in [2.05, 4.69) is 22.3 Å². The topological polar surface area (TPSA) is 69.7 Å². The van der Waals surface area contributed by atoms with Gasteiger partial charge in [-0.25, -0.2) is 12.8 Å². The number of nitrogens with zero attached hydrogens (tertiary/aromatic N) is 2. The molecule has 0 atom stereocenters. The molecule has 0 spiro atoms. The first-order valence-electron chi connectivity index (χ1n) is 11.0. The first-order valence-corrected chi connectivity index (χ1v) is 12.8. The second-order valence-electron chi connectivity index (χ2n) is 7.99. The predicted molar refractivity (Wildman–Crippen MR) is 132 cm³/mol. The largest absolute Gasteiger partial charge is 0.371 e. The number of hydrogen-bond acceptors (Lipinski definition) is 4. The molecule has 1 aliphatic rings. The quantitative estimate of drug-likeness (QED) is 0.445. The second kappa shape index (κ2) is 10.4. The molecule has 9 heteroatoms. The van der Waals surface area contributed by atoms with E-state index in [4.69, 9.17) is 11.6 Å². The molecule has 1 heterocycles. The molecule has 1 amide bonds. The van der Waals surface area contributed by atoms with Crippen molar-refractivity contribution in [3.05, 3.63) is 89.2 Å². The van der Waals surface area contributed by atoms with Gasteiger partial charge in [0.25, 0.3) is 10.0 Å². The van der Waals surface area contributed by atoms with Gasteiger partial charge in [0.1, 0.15) is 12.4 Å². The summed E-state index contributed by atoms with van der Waals surface area (Å²) in [5.74, 6) is -1.13. The normalized spacial score (nSPS) is 12.9. The Balaban J connectivity index is 1.42. The first-order chi connectivity index (χ1) is 16.4. The summed E-state index contributed by atoms with van der Waals surface area (Å²) in [6.07, 6.45) is 1.73. The minimum Gasteiger partial charge on any atom is -0.371 e. The Labute approximate surface area is 204 Å². The van der Waals surface area contributed by atoms with Gasteiger partial charge in [-0.2, -0.15) is 0 Å². The fraction of sp³-hybridized carbons (Fsp3) is 0.240. The number of para-hydroxylation sites is 1. The summed E-state index contributed by atoms with van der Waals surface area (Å²) in [6, 6.07) is 19.6. The molecule has 1 N–H and O–H groups in total. The molecule has 3 aromatic carbocycles. The minimum atomic E-state index is -4.07. The van der Waals surface area contributed by atoms with Crippen molar-refractivity contribution in [1.29, 1.82) is 0 Å². The number of anilines is 2. The van der Waals surface area contributed by atoms with Gasteiger partial charge in [0.15, 0.2) is 0 Å². The summed E-state index contributed by atoms with van der Waals surface area (Å²) in [6.45, 7) is 1.69. The maximum atomic E-state index is 13.7. The Bertz CT molecular complexity index is 1270. The zero-order chi connectivity index (χ0) is 24.1. The zero-order valence-corrected chi connectivity index (χ0v) is 20.0. The molecule has 3 aromatic rings. The van der Waals surface area contributed by atoms with Gasteiger partial charge in [-0.3, -0.25) is 9.10 Å². The van der Waals surface area contributed by atoms with Crippen LogP contribution in [-0.2, 0) is 21.2 Å². The fourth-order valence-corrected chi connectivity index (χ4v) is 5.61. The highest BCUT2D eigenvalue weighted by molar-refractivity contribution is 7.92. The van der Waals surface area contributed by atoms with Gasteiger partial charge in [0.05, 0.1) is 15.6 Å². The molecule has 0 bridgehead atoms. The van der Waals surface area contributed by atoms with Crippen LogP contribution in [0, 0.1) is 5.82 Å². The highest BCUT2D eigenvalue weighted by Crippen LogP contribution is 2.28. The maximum Gasteiger partial charge on any atom is 0.264 e. The third-order valence-electron chi connectivity index (χ3n) is 5.72. The van der Waals surface area contributed by atoms with Crippen LogP contribution < -0.4 is 14.5 Å². The third kappa shape index (κ3) is 5.34. The van der Waals surface area contributed by atoms with E-state index in [0.717, 1.165) is 29.9 Å². The number of hydrogen-bond donors (Lipinski definition) is 1. The van der Waals surface area contributed by atoms with Crippen LogP contribution in [0.25, 0.3) is 0 Å². The van der Waals surface area contributed by atoms with Gasteiger partial charge in [-0.1, -0.05) is 48.0 Å². The smallest absolute Gasteiger partial charge is 0.264 e. The van der Waals surface area contributed by atoms with Crippen LogP contribution >= 0.6 is 11.6 Å². The Morgan fingerprint density at radius 1 is 1.06 bits per heavy atom. The van der Waals surface area contributed by atoms with Gasteiger partial charge in [-0.05, 0) is 54.8 Å². The lowest BCUT2D eigenvalue weighted by Crippen LogP contribution is -2.41. The number of carbonyl (C=O) groups excluding carboxylic acids is 1. The molecule has 178 valence electrons. The van der Waals surface area contributed by atoms with Crippen molar-refractivity contribution in [3.8, 4) is 0 Å². The molecule has 0 aliphatic carbocycles. The maximum absolute atomic E-state index is 13.7. The summed E-state index contributed by atoms with van der Waals surface area (Å²) in [5, 5.41) is 2.58. The van der Waals surface area contributed by atoms with Gasteiger partial charge in [0.2, 0.25) is 5.91 Å². The molecular formula is C25H25ClFN3O3S. The lowest BCUT2D eigenvalue weighted by molar-refractivity contribution is -0.119. The number of rotatable bonds is 9. The SMILES string of the molecule is O=C(CN(c1ccc(F)c(Cl)c1)S(=O)(=O)c1ccccc1)NCCCN1CCc2ccccc21. The van der Waals surface area contributed by atoms with E-state index in [1.165, 1.54) is 35.5 Å². The Morgan fingerprint density at radius 2 is 1.79 bits per heavy atom. The van der Waals surface area contributed by atoms with Crippen molar-refractivity contribution in [2.24, 2.45) is 0 Å². The van der Waals surface area contributed by atoms with E-state index < -0.39 is 28.3 Å². The first kappa shape index (κ1) is 24.0. The molecule has 6 nitrogen and oxygen atoms in total. The van der Waals surface area contributed by atoms with Gasteiger partial charge >= 0.3 is 0 Å². The van der Waals surface area contributed by atoms with E-state index >= 15 is 0 Å². The molecule has 1 aliphatic heterocycles. The Hall–Kier alpha value is -3.10. The third-order valence-corrected chi connectivity index (χ3v) is 7.80. The fourth-order valence-electron chi connectivity index (χ4n) is 4.00. The van der Waals surface area contributed by atoms with Crippen LogP contribution in [0.1, 0.15) is 12.0 Å². The molecule has 4 rings (SSSR count). The number of halogens is 2. The molecular weight excluding hydrogens is 477 g/mol. The highest BCUT2D eigenvalue weighted by Gasteiger charge is 2.27. The van der Waals surface area contributed by atoms with Crippen molar-refractivity contribution in [3.63, 3.8) is 0 Å². The van der Waals surface area contributed by atoms with E-state index in [9.17, 15) is 17.6 Å². The average Bonchev–Trinajstić information content (AvgIpc) is 3.26. The van der Waals surface area contributed by atoms with Gasteiger partial charge < -0.3 is 10.2 Å². The van der Waals surface area contributed by atoms with Crippen LogP contribution in [0.2, 0.25) is 5.02 Å². The molecule has 0 saturated heterocycles. The number of amides is 1. The highest BCUT2D eigenvalue weighted by atomic mass is 35.5. The van der Waals surface area contributed by atoms with E-state index in [0.29, 0.717) is 13.0 Å². The molecule has 0 aromatic heterocycles. The number of benzene rings is 3. The monoisotopic (exact) mass is 501 g/mol. The molecule has 0 radical (unpaired) electrons. The van der Waals surface area contributed by atoms with Crippen molar-refractivity contribution in [1.82, 2.24) is 5.32 Å².